The first-order valence-corrected chi connectivity index (χ1v) is 6.11. The zero-order chi connectivity index (χ0) is 13.2. The van der Waals surface area contributed by atoms with Crippen molar-refractivity contribution in [2.45, 2.75) is 39.3 Å². The maximum atomic E-state index is 11.8. The number of esters is 1. The Balaban J connectivity index is 2.97. The van der Waals surface area contributed by atoms with Gasteiger partial charge in [0.15, 0.2) is 0 Å². The second-order valence-corrected chi connectivity index (χ2v) is 5.63. The van der Waals surface area contributed by atoms with Crippen molar-refractivity contribution in [2.75, 3.05) is 0 Å². The van der Waals surface area contributed by atoms with E-state index >= 15 is 0 Å². The first-order valence-electron chi connectivity index (χ1n) is 5.32. The molecule has 0 bridgehead atoms. The lowest BCUT2D eigenvalue weighted by molar-refractivity contribution is -0.158. The lowest BCUT2D eigenvalue weighted by atomic mass is 10.2. The Labute approximate surface area is 109 Å². The molecule has 5 heteroatoms. The molecule has 0 saturated heterocycles. The highest BCUT2D eigenvalue weighted by molar-refractivity contribution is 9.10. The number of hydrogen-bond donors (Lipinski definition) is 0. The number of pyridine rings is 1. The predicted octanol–water partition coefficient (Wildman–Crippen LogP) is 2.51. The SMILES string of the molecule is CC(C(=O)OC(C)(C)C)n1cccc(Br)c1=O. The molecule has 4 nitrogen and oxygen atoms in total. The molecule has 17 heavy (non-hydrogen) atoms. The lowest BCUT2D eigenvalue weighted by Crippen LogP contribution is -2.33. The Bertz CT molecular complexity index is 473. The van der Waals surface area contributed by atoms with Gasteiger partial charge in [-0.25, -0.2) is 4.79 Å². The fourth-order valence-corrected chi connectivity index (χ4v) is 1.65. The molecule has 0 amide bonds. The maximum absolute atomic E-state index is 11.8. The van der Waals surface area contributed by atoms with Crippen LogP contribution in [0.4, 0.5) is 0 Å². The van der Waals surface area contributed by atoms with E-state index in [0.717, 1.165) is 0 Å². The van der Waals surface area contributed by atoms with Gasteiger partial charge in [-0.05, 0) is 55.8 Å². The second kappa shape index (κ2) is 5.04. The van der Waals surface area contributed by atoms with Gasteiger partial charge < -0.3 is 9.30 Å². The van der Waals surface area contributed by atoms with Crippen molar-refractivity contribution in [3.63, 3.8) is 0 Å². The van der Waals surface area contributed by atoms with E-state index in [9.17, 15) is 9.59 Å². The number of halogens is 1. The summed E-state index contributed by atoms with van der Waals surface area (Å²) in [6.07, 6.45) is 1.57. The first kappa shape index (κ1) is 14.0. The molecule has 1 heterocycles. The second-order valence-electron chi connectivity index (χ2n) is 4.78. The van der Waals surface area contributed by atoms with E-state index in [4.69, 9.17) is 4.74 Å². The highest BCUT2D eigenvalue weighted by Gasteiger charge is 2.23. The summed E-state index contributed by atoms with van der Waals surface area (Å²) >= 11 is 3.14. The Hall–Kier alpha value is -1.10. The van der Waals surface area contributed by atoms with Crippen LogP contribution in [0.25, 0.3) is 0 Å². The van der Waals surface area contributed by atoms with Crippen LogP contribution in [-0.4, -0.2) is 16.1 Å². The van der Waals surface area contributed by atoms with Crippen molar-refractivity contribution in [3.8, 4) is 0 Å². The molecule has 0 N–H and O–H groups in total. The third-order valence-electron chi connectivity index (χ3n) is 2.09. The molecule has 1 aromatic rings. The molecule has 0 radical (unpaired) electrons. The molecule has 1 aromatic heterocycles. The summed E-state index contributed by atoms with van der Waals surface area (Å²) in [6.45, 7) is 7.02. The molecule has 0 aliphatic carbocycles. The van der Waals surface area contributed by atoms with Crippen LogP contribution in [0.15, 0.2) is 27.6 Å². The van der Waals surface area contributed by atoms with Crippen molar-refractivity contribution in [1.82, 2.24) is 4.57 Å². The number of rotatable bonds is 2. The summed E-state index contributed by atoms with van der Waals surface area (Å²) in [7, 11) is 0. The van der Waals surface area contributed by atoms with Gasteiger partial charge in [-0.15, -0.1) is 0 Å². The first-order chi connectivity index (χ1) is 7.72. The molecule has 0 aliphatic heterocycles. The number of nitrogens with zero attached hydrogens (tertiary/aromatic N) is 1. The average molecular weight is 302 g/mol. The summed E-state index contributed by atoms with van der Waals surface area (Å²) in [4.78, 5) is 23.6. The molecule has 0 aromatic carbocycles. The van der Waals surface area contributed by atoms with Gasteiger partial charge in [0.25, 0.3) is 5.56 Å². The van der Waals surface area contributed by atoms with Gasteiger partial charge in [-0.2, -0.15) is 0 Å². The van der Waals surface area contributed by atoms with E-state index in [1.54, 1.807) is 46.0 Å². The fourth-order valence-electron chi connectivity index (χ4n) is 1.29. The van der Waals surface area contributed by atoms with Crippen LogP contribution in [0.5, 0.6) is 0 Å². The van der Waals surface area contributed by atoms with E-state index < -0.39 is 17.6 Å². The Morgan fingerprint density at radius 1 is 1.47 bits per heavy atom. The van der Waals surface area contributed by atoms with E-state index in [2.05, 4.69) is 15.9 Å². The molecule has 0 spiro atoms. The smallest absolute Gasteiger partial charge is 0.329 e. The van der Waals surface area contributed by atoms with Gasteiger partial charge in [-0.1, -0.05) is 0 Å². The van der Waals surface area contributed by atoms with Gasteiger partial charge in [0, 0.05) is 6.20 Å². The molecular formula is C12H16BrNO3. The van der Waals surface area contributed by atoms with Crippen LogP contribution in [0.1, 0.15) is 33.7 Å². The van der Waals surface area contributed by atoms with Crippen LogP contribution in [0, 0.1) is 0 Å². The van der Waals surface area contributed by atoms with Crippen LogP contribution in [-0.2, 0) is 9.53 Å². The molecular weight excluding hydrogens is 286 g/mol. The summed E-state index contributed by atoms with van der Waals surface area (Å²) in [5, 5.41) is 0. The molecule has 1 atom stereocenters. The van der Waals surface area contributed by atoms with Crippen LogP contribution in [0.2, 0.25) is 0 Å². The molecule has 1 rings (SSSR count). The number of carbonyl (C=O) groups is 1. The Morgan fingerprint density at radius 3 is 2.59 bits per heavy atom. The number of aromatic nitrogens is 1. The zero-order valence-corrected chi connectivity index (χ0v) is 11.9. The summed E-state index contributed by atoms with van der Waals surface area (Å²) in [5.41, 5.74) is -0.799. The van der Waals surface area contributed by atoms with Gasteiger partial charge in [0.2, 0.25) is 0 Å². The molecule has 1 unspecified atom stereocenters. The van der Waals surface area contributed by atoms with E-state index in [1.165, 1.54) is 4.57 Å². The number of ether oxygens (including phenoxy) is 1. The molecule has 94 valence electrons. The quantitative estimate of drug-likeness (QED) is 0.789. The average Bonchev–Trinajstić information content (AvgIpc) is 2.18. The van der Waals surface area contributed by atoms with Crippen molar-refractivity contribution in [3.05, 3.63) is 33.2 Å². The van der Waals surface area contributed by atoms with Crippen LogP contribution < -0.4 is 5.56 Å². The topological polar surface area (TPSA) is 48.3 Å². The van der Waals surface area contributed by atoms with E-state index in [0.29, 0.717) is 4.47 Å². The summed E-state index contributed by atoms with van der Waals surface area (Å²) in [5.74, 6) is -0.419. The van der Waals surface area contributed by atoms with Crippen molar-refractivity contribution in [1.29, 1.82) is 0 Å². The van der Waals surface area contributed by atoms with E-state index in [1.807, 2.05) is 0 Å². The van der Waals surface area contributed by atoms with Crippen molar-refractivity contribution in [2.24, 2.45) is 0 Å². The lowest BCUT2D eigenvalue weighted by Gasteiger charge is -2.23. The monoisotopic (exact) mass is 301 g/mol. The Kier molecular flexibility index (Phi) is 4.14. The van der Waals surface area contributed by atoms with Gasteiger partial charge >= 0.3 is 5.97 Å². The third kappa shape index (κ3) is 3.70. The third-order valence-corrected chi connectivity index (χ3v) is 2.70. The van der Waals surface area contributed by atoms with Gasteiger partial charge in [0.1, 0.15) is 11.6 Å². The van der Waals surface area contributed by atoms with Crippen LogP contribution in [0.3, 0.4) is 0 Å². The molecule has 0 saturated carbocycles. The number of hydrogen-bond acceptors (Lipinski definition) is 3. The van der Waals surface area contributed by atoms with Gasteiger partial charge in [-0.3, -0.25) is 4.79 Å². The number of carbonyl (C=O) groups excluding carboxylic acids is 1. The largest absolute Gasteiger partial charge is 0.458 e. The van der Waals surface area contributed by atoms with Crippen molar-refractivity contribution >= 4 is 21.9 Å². The summed E-state index contributed by atoms with van der Waals surface area (Å²) in [6, 6.07) is 2.70. The highest BCUT2D eigenvalue weighted by atomic mass is 79.9. The normalized spacial score (nSPS) is 13.2. The maximum Gasteiger partial charge on any atom is 0.329 e. The fraction of sp³-hybridized carbons (Fsp3) is 0.500. The molecule has 0 fully saturated rings. The summed E-state index contributed by atoms with van der Waals surface area (Å²) < 4.78 is 7.01. The van der Waals surface area contributed by atoms with Crippen molar-refractivity contribution < 1.29 is 9.53 Å². The van der Waals surface area contributed by atoms with Crippen LogP contribution >= 0.6 is 15.9 Å². The van der Waals surface area contributed by atoms with Gasteiger partial charge in [0.05, 0.1) is 4.47 Å². The standard InChI is InChI=1S/C12H16BrNO3/c1-8(11(16)17-12(2,3)4)14-7-5-6-9(13)10(14)15/h5-8H,1-4H3. The Morgan fingerprint density at radius 2 is 2.06 bits per heavy atom. The van der Waals surface area contributed by atoms with E-state index in [-0.39, 0.29) is 5.56 Å². The zero-order valence-electron chi connectivity index (χ0n) is 10.4. The minimum absolute atomic E-state index is 0.245. The molecule has 0 aliphatic rings. The minimum Gasteiger partial charge on any atom is -0.458 e. The highest BCUT2D eigenvalue weighted by Crippen LogP contribution is 2.14. The minimum atomic E-state index is -0.640. The predicted molar refractivity (Wildman–Crippen MR) is 69.0 cm³/mol.